The Labute approximate surface area is 269 Å². The highest BCUT2D eigenvalue weighted by Gasteiger charge is 2.22. The van der Waals surface area contributed by atoms with Gasteiger partial charge in [0.1, 0.15) is 17.7 Å². The van der Waals surface area contributed by atoms with Crippen LogP contribution in [0.3, 0.4) is 0 Å². The smallest absolute Gasteiger partial charge is 0.237 e. The van der Waals surface area contributed by atoms with Gasteiger partial charge < -0.3 is 14.8 Å². The van der Waals surface area contributed by atoms with E-state index in [-0.39, 0.29) is 5.91 Å². The summed E-state index contributed by atoms with van der Waals surface area (Å²) in [5.74, 6) is 0.983. The van der Waals surface area contributed by atoms with Crippen LogP contribution in [0.2, 0.25) is 0 Å². The number of nitriles is 1. The molecular weight excluding hydrogens is 579 g/mol. The van der Waals surface area contributed by atoms with Crippen molar-refractivity contribution in [3.63, 3.8) is 0 Å². The van der Waals surface area contributed by atoms with E-state index in [1.54, 1.807) is 7.11 Å². The molecule has 0 spiro atoms. The molecule has 4 aromatic carbocycles. The number of nitrogens with one attached hydrogen (secondary N) is 1. The molecule has 45 heavy (non-hydrogen) atoms. The van der Waals surface area contributed by atoms with Crippen LogP contribution in [0, 0.1) is 32.1 Å². The third kappa shape index (κ3) is 7.54. The number of aryl methyl sites for hydroxylation is 3. The molecule has 1 heterocycles. The Kier molecular flexibility index (Phi) is 9.86. The number of amides is 1. The Morgan fingerprint density at radius 2 is 1.62 bits per heavy atom. The highest BCUT2D eigenvalue weighted by Crippen LogP contribution is 2.39. The highest BCUT2D eigenvalue weighted by atomic mass is 32.2. The number of carbonyl (C=O) groups excluding carboxylic acids is 1. The number of aromatic nitrogens is 1. The van der Waals surface area contributed by atoms with Crippen LogP contribution in [0.5, 0.6) is 11.5 Å². The molecule has 1 amide bonds. The Bertz CT molecular complexity index is 1870. The number of hydrogen-bond acceptors (Lipinski definition) is 6. The minimum Gasteiger partial charge on any atom is -0.493 e. The number of anilines is 1. The van der Waals surface area contributed by atoms with Gasteiger partial charge in [0.05, 0.1) is 23.6 Å². The predicted octanol–water partition coefficient (Wildman–Crippen LogP) is 8.92. The van der Waals surface area contributed by atoms with E-state index < -0.39 is 5.25 Å². The molecular formula is C38H35N3O3S. The second-order valence-electron chi connectivity index (χ2n) is 10.9. The van der Waals surface area contributed by atoms with E-state index in [1.807, 2.05) is 125 Å². The van der Waals surface area contributed by atoms with Crippen molar-refractivity contribution in [2.24, 2.45) is 0 Å². The first kappa shape index (κ1) is 31.4. The zero-order valence-corrected chi connectivity index (χ0v) is 26.9. The number of benzene rings is 4. The van der Waals surface area contributed by atoms with Gasteiger partial charge in [-0.15, -0.1) is 0 Å². The van der Waals surface area contributed by atoms with E-state index in [9.17, 15) is 10.1 Å². The molecule has 5 aromatic rings. The monoisotopic (exact) mass is 613 g/mol. The van der Waals surface area contributed by atoms with Gasteiger partial charge in [-0.2, -0.15) is 5.26 Å². The van der Waals surface area contributed by atoms with Crippen molar-refractivity contribution >= 4 is 23.4 Å². The third-order valence-corrected chi connectivity index (χ3v) is 8.68. The average Bonchev–Trinajstić information content (AvgIpc) is 3.05. The molecule has 1 atom stereocenters. The lowest BCUT2D eigenvalue weighted by atomic mass is 9.98. The molecule has 1 N–H and O–H groups in total. The van der Waals surface area contributed by atoms with Gasteiger partial charge in [-0.1, -0.05) is 84.1 Å². The summed E-state index contributed by atoms with van der Waals surface area (Å²) in [7, 11) is 1.60. The molecule has 0 aliphatic carbocycles. The van der Waals surface area contributed by atoms with Crippen molar-refractivity contribution in [2.75, 3.05) is 12.4 Å². The van der Waals surface area contributed by atoms with Crippen molar-refractivity contribution in [2.45, 2.75) is 44.6 Å². The molecule has 5 rings (SSSR count). The lowest BCUT2D eigenvalue weighted by Gasteiger charge is -2.17. The molecule has 226 valence electrons. The molecule has 0 saturated heterocycles. The van der Waals surface area contributed by atoms with E-state index in [1.165, 1.54) is 11.8 Å². The normalized spacial score (nSPS) is 11.4. The van der Waals surface area contributed by atoms with Crippen molar-refractivity contribution in [3.8, 4) is 40.0 Å². The zero-order chi connectivity index (χ0) is 31.9. The summed E-state index contributed by atoms with van der Waals surface area (Å²) in [5, 5.41) is 13.4. The predicted molar refractivity (Wildman–Crippen MR) is 182 cm³/mol. The SMILES string of the molecule is COc1cc(-c2cc(-c3ccc(C)cc3)nc(S[C@H](C)C(=O)Nc3ccc(C)c(C)c3)c2C#N)ccc1OCc1ccccc1. The molecule has 1 aromatic heterocycles. The van der Waals surface area contributed by atoms with Crippen LogP contribution in [0.1, 0.15) is 34.7 Å². The molecule has 0 aliphatic heterocycles. The molecule has 0 fully saturated rings. The molecule has 0 radical (unpaired) electrons. The van der Waals surface area contributed by atoms with E-state index in [0.29, 0.717) is 40.0 Å². The number of hydrogen-bond donors (Lipinski definition) is 1. The first-order valence-electron chi connectivity index (χ1n) is 14.7. The second-order valence-corrected chi connectivity index (χ2v) is 12.2. The van der Waals surface area contributed by atoms with Crippen LogP contribution in [-0.4, -0.2) is 23.3 Å². The summed E-state index contributed by atoms with van der Waals surface area (Å²) in [4.78, 5) is 18.2. The lowest BCUT2D eigenvalue weighted by molar-refractivity contribution is -0.115. The van der Waals surface area contributed by atoms with Crippen molar-refractivity contribution in [1.82, 2.24) is 4.98 Å². The minimum absolute atomic E-state index is 0.169. The van der Waals surface area contributed by atoms with Crippen LogP contribution < -0.4 is 14.8 Å². The lowest BCUT2D eigenvalue weighted by Crippen LogP contribution is -2.22. The fourth-order valence-electron chi connectivity index (χ4n) is 4.79. The van der Waals surface area contributed by atoms with Gasteiger partial charge in [0.15, 0.2) is 11.5 Å². The summed E-state index contributed by atoms with van der Waals surface area (Å²) < 4.78 is 11.8. The topological polar surface area (TPSA) is 84.2 Å². The molecule has 0 unspecified atom stereocenters. The maximum absolute atomic E-state index is 13.3. The van der Waals surface area contributed by atoms with E-state index in [0.717, 1.165) is 39.1 Å². The minimum atomic E-state index is -0.518. The fraction of sp³-hybridized carbons (Fsp3) is 0.184. The van der Waals surface area contributed by atoms with Gasteiger partial charge in [0, 0.05) is 16.8 Å². The van der Waals surface area contributed by atoms with Crippen LogP contribution >= 0.6 is 11.8 Å². The fourth-order valence-corrected chi connectivity index (χ4v) is 5.71. The summed E-state index contributed by atoms with van der Waals surface area (Å²) in [5.41, 5.74) is 8.66. The third-order valence-electron chi connectivity index (χ3n) is 7.59. The quantitative estimate of drug-likeness (QED) is 0.158. The summed E-state index contributed by atoms with van der Waals surface area (Å²) in [6.45, 7) is 8.31. The number of nitrogens with zero attached hydrogens (tertiary/aromatic N) is 2. The molecule has 0 bridgehead atoms. The zero-order valence-electron chi connectivity index (χ0n) is 26.0. The molecule has 0 aliphatic rings. The van der Waals surface area contributed by atoms with Gasteiger partial charge in [0.2, 0.25) is 5.91 Å². The molecule has 7 heteroatoms. The molecule has 6 nitrogen and oxygen atoms in total. The second kappa shape index (κ2) is 14.1. The van der Waals surface area contributed by atoms with Gasteiger partial charge in [0.25, 0.3) is 0 Å². The van der Waals surface area contributed by atoms with Gasteiger partial charge in [-0.05, 0) is 80.3 Å². The Morgan fingerprint density at radius 3 is 2.31 bits per heavy atom. The standard InChI is InChI=1S/C38H35N3O3S/c1-24-11-14-29(15-12-24)34-21-32(30-16-18-35(36(20-30)43-5)44-23-28-9-7-6-8-10-28)33(22-39)38(41-34)45-27(4)37(42)40-31-17-13-25(2)26(3)19-31/h6-21,27H,23H2,1-5H3,(H,40,42)/t27-/m1/s1. The van der Waals surface area contributed by atoms with Crippen molar-refractivity contribution < 1.29 is 14.3 Å². The maximum atomic E-state index is 13.3. The average molecular weight is 614 g/mol. The Balaban J connectivity index is 1.51. The number of thioether (sulfide) groups is 1. The van der Waals surface area contributed by atoms with E-state index >= 15 is 0 Å². The highest BCUT2D eigenvalue weighted by molar-refractivity contribution is 8.00. The van der Waals surface area contributed by atoms with Gasteiger partial charge >= 0.3 is 0 Å². The van der Waals surface area contributed by atoms with Crippen LogP contribution in [0.4, 0.5) is 5.69 Å². The van der Waals surface area contributed by atoms with Crippen LogP contribution in [0.15, 0.2) is 102 Å². The Hall–Kier alpha value is -5.06. The van der Waals surface area contributed by atoms with Crippen LogP contribution in [-0.2, 0) is 11.4 Å². The van der Waals surface area contributed by atoms with Crippen LogP contribution in [0.25, 0.3) is 22.4 Å². The number of methoxy groups -OCH3 is 1. The maximum Gasteiger partial charge on any atom is 0.237 e. The van der Waals surface area contributed by atoms with E-state index in [4.69, 9.17) is 14.5 Å². The Morgan fingerprint density at radius 1 is 0.889 bits per heavy atom. The number of rotatable bonds is 10. The molecule has 0 saturated carbocycles. The number of carbonyl (C=O) groups is 1. The first-order chi connectivity index (χ1) is 21.7. The largest absolute Gasteiger partial charge is 0.493 e. The number of pyridine rings is 1. The van der Waals surface area contributed by atoms with Gasteiger partial charge in [-0.25, -0.2) is 4.98 Å². The summed E-state index contributed by atoms with van der Waals surface area (Å²) >= 11 is 1.27. The summed E-state index contributed by atoms with van der Waals surface area (Å²) in [6, 6.07) is 33.8. The van der Waals surface area contributed by atoms with E-state index in [2.05, 4.69) is 11.4 Å². The van der Waals surface area contributed by atoms with Crippen molar-refractivity contribution in [1.29, 1.82) is 5.26 Å². The first-order valence-corrected chi connectivity index (χ1v) is 15.6. The van der Waals surface area contributed by atoms with Crippen molar-refractivity contribution in [3.05, 3.63) is 125 Å². The summed E-state index contributed by atoms with van der Waals surface area (Å²) in [6.07, 6.45) is 0. The number of ether oxygens (including phenoxy) is 2. The van der Waals surface area contributed by atoms with Gasteiger partial charge in [-0.3, -0.25) is 4.79 Å².